The minimum absolute atomic E-state index is 0.307. The van der Waals surface area contributed by atoms with Crippen molar-refractivity contribution in [3.63, 3.8) is 0 Å². The number of nitrogens with zero attached hydrogens (tertiary/aromatic N) is 5. The van der Waals surface area contributed by atoms with Gasteiger partial charge in [0.1, 0.15) is 17.1 Å². The normalized spacial score (nSPS) is 11.5. The number of methoxy groups -OCH3 is 1. The molecule has 1 heterocycles. The van der Waals surface area contributed by atoms with Crippen LogP contribution in [0, 0.1) is 10.1 Å². The summed E-state index contributed by atoms with van der Waals surface area (Å²) >= 11 is 5.92. The van der Waals surface area contributed by atoms with Crippen LogP contribution in [-0.2, 0) is 0 Å². The standard InChI is InChI=1S/C15H12ClN5O4/c1-25-13-8-3-2-7-12(13)17-14-15(21(23)24)18-19(20(14)22)11-6-4-5-10(16)9-11/h2-9,22H,1H3. The Morgan fingerprint density at radius 2 is 2.04 bits per heavy atom. The van der Waals surface area contributed by atoms with Crippen LogP contribution < -0.4 is 10.2 Å². The maximum atomic E-state index is 11.3. The topological polar surface area (TPSA) is 108 Å². The van der Waals surface area contributed by atoms with Crippen LogP contribution in [0.15, 0.2) is 53.5 Å². The van der Waals surface area contributed by atoms with Gasteiger partial charge in [-0.2, -0.15) is 0 Å². The second-order valence-corrected chi connectivity index (χ2v) is 5.28. The smallest absolute Gasteiger partial charge is 0.438 e. The molecule has 10 heteroatoms. The number of halogens is 1. The molecular weight excluding hydrogens is 350 g/mol. The molecule has 0 unspecified atom stereocenters. The number of nitro groups is 1. The summed E-state index contributed by atoms with van der Waals surface area (Å²) in [5.41, 5.74) is 0.288. The largest absolute Gasteiger partial charge is 0.494 e. The SMILES string of the molecule is COc1ccccc1N=c1c([N+](=O)[O-])nn(-c2cccc(Cl)c2)n1O. The van der Waals surface area contributed by atoms with Crippen molar-refractivity contribution in [2.24, 2.45) is 4.99 Å². The predicted molar refractivity (Wildman–Crippen MR) is 88.6 cm³/mol. The fourth-order valence-electron chi connectivity index (χ4n) is 2.17. The Labute approximate surface area is 146 Å². The second-order valence-electron chi connectivity index (χ2n) is 4.85. The van der Waals surface area contributed by atoms with Crippen LogP contribution in [0.25, 0.3) is 5.69 Å². The molecule has 1 aromatic heterocycles. The summed E-state index contributed by atoms with van der Waals surface area (Å²) in [7, 11) is 1.45. The number of benzene rings is 2. The molecule has 0 radical (unpaired) electrons. The molecule has 9 nitrogen and oxygen atoms in total. The van der Waals surface area contributed by atoms with Gasteiger partial charge in [-0.05, 0) is 40.1 Å². The summed E-state index contributed by atoms with van der Waals surface area (Å²) in [6.07, 6.45) is 0. The summed E-state index contributed by atoms with van der Waals surface area (Å²) in [6.45, 7) is 0. The quantitative estimate of drug-likeness (QED) is 0.436. The van der Waals surface area contributed by atoms with E-state index in [2.05, 4.69) is 10.1 Å². The third kappa shape index (κ3) is 3.17. The Bertz CT molecular complexity index is 1010. The van der Waals surface area contributed by atoms with E-state index in [-0.39, 0.29) is 5.49 Å². The average Bonchev–Trinajstić information content (AvgIpc) is 2.92. The molecule has 0 aliphatic carbocycles. The number of hydrogen-bond donors (Lipinski definition) is 1. The van der Waals surface area contributed by atoms with Gasteiger partial charge in [-0.3, -0.25) is 0 Å². The van der Waals surface area contributed by atoms with Gasteiger partial charge in [-0.1, -0.05) is 34.6 Å². The van der Waals surface area contributed by atoms with Crippen LogP contribution in [0.2, 0.25) is 5.02 Å². The van der Waals surface area contributed by atoms with Crippen molar-refractivity contribution >= 4 is 23.1 Å². The number of aromatic nitrogens is 3. The third-order valence-corrected chi connectivity index (χ3v) is 3.52. The highest BCUT2D eigenvalue weighted by molar-refractivity contribution is 6.30. The van der Waals surface area contributed by atoms with Gasteiger partial charge < -0.3 is 20.1 Å². The van der Waals surface area contributed by atoms with E-state index in [1.807, 2.05) is 0 Å². The van der Waals surface area contributed by atoms with Crippen molar-refractivity contribution in [2.45, 2.75) is 0 Å². The first-order valence-corrected chi connectivity index (χ1v) is 7.38. The molecule has 0 saturated carbocycles. The summed E-state index contributed by atoms with van der Waals surface area (Å²) in [6, 6.07) is 13.0. The Kier molecular flexibility index (Phi) is 4.40. The maximum absolute atomic E-state index is 11.3. The van der Waals surface area contributed by atoms with Gasteiger partial charge in [0.2, 0.25) is 0 Å². The van der Waals surface area contributed by atoms with Gasteiger partial charge in [-0.25, -0.2) is 4.99 Å². The zero-order valence-electron chi connectivity index (χ0n) is 12.9. The van der Waals surface area contributed by atoms with Crippen molar-refractivity contribution in [1.29, 1.82) is 0 Å². The first-order valence-electron chi connectivity index (χ1n) is 7.01. The van der Waals surface area contributed by atoms with E-state index in [0.717, 1.165) is 4.80 Å². The second kappa shape index (κ2) is 6.65. The predicted octanol–water partition coefficient (Wildman–Crippen LogP) is 2.71. The highest BCUT2D eigenvalue weighted by Crippen LogP contribution is 2.26. The molecular formula is C15H12ClN5O4. The lowest BCUT2D eigenvalue weighted by Crippen LogP contribution is -2.22. The molecule has 1 N–H and O–H groups in total. The molecule has 0 bridgehead atoms. The summed E-state index contributed by atoms with van der Waals surface area (Å²) in [5, 5.41) is 25.9. The van der Waals surface area contributed by atoms with Crippen LogP contribution in [-0.4, -0.2) is 32.0 Å². The molecule has 128 valence electrons. The lowest BCUT2D eigenvalue weighted by Gasteiger charge is -2.02. The molecule has 3 rings (SSSR count). The summed E-state index contributed by atoms with van der Waals surface area (Å²) in [5.74, 6) is -0.222. The van der Waals surface area contributed by atoms with Gasteiger partial charge in [0.15, 0.2) is 0 Å². The molecule has 3 aromatic rings. The highest BCUT2D eigenvalue weighted by atomic mass is 35.5. The van der Waals surface area contributed by atoms with Crippen molar-refractivity contribution in [3.8, 4) is 11.4 Å². The Balaban J connectivity index is 2.26. The fourth-order valence-corrected chi connectivity index (χ4v) is 2.36. The van der Waals surface area contributed by atoms with Crippen LogP contribution in [0.3, 0.4) is 0 Å². The summed E-state index contributed by atoms with van der Waals surface area (Å²) < 4.78 is 5.17. The Morgan fingerprint density at radius 3 is 2.72 bits per heavy atom. The lowest BCUT2D eigenvalue weighted by molar-refractivity contribution is -0.391. The van der Waals surface area contributed by atoms with Crippen molar-refractivity contribution in [1.82, 2.24) is 14.7 Å². The highest BCUT2D eigenvalue weighted by Gasteiger charge is 2.24. The number of hydrogen-bond acceptors (Lipinski definition) is 6. The molecule has 0 aliphatic rings. The first kappa shape index (κ1) is 16.5. The van der Waals surface area contributed by atoms with Gasteiger partial charge in [-0.15, -0.1) is 0 Å². The van der Waals surface area contributed by atoms with E-state index >= 15 is 0 Å². The van der Waals surface area contributed by atoms with Crippen molar-refractivity contribution in [3.05, 3.63) is 69.2 Å². The minimum Gasteiger partial charge on any atom is -0.494 e. The zero-order chi connectivity index (χ0) is 18.0. The lowest BCUT2D eigenvalue weighted by atomic mass is 10.3. The number of rotatable bonds is 4. The summed E-state index contributed by atoms with van der Waals surface area (Å²) in [4.78, 5) is 16.1. The number of para-hydroxylation sites is 2. The molecule has 2 aromatic carbocycles. The molecule has 0 atom stereocenters. The van der Waals surface area contributed by atoms with E-state index in [0.29, 0.717) is 27.0 Å². The number of ether oxygens (including phenoxy) is 1. The molecule has 0 spiro atoms. The van der Waals surface area contributed by atoms with Crippen LogP contribution in [0.1, 0.15) is 0 Å². The van der Waals surface area contributed by atoms with Gasteiger partial charge in [0.05, 0.1) is 12.2 Å². The van der Waals surface area contributed by atoms with Crippen LogP contribution in [0.5, 0.6) is 5.75 Å². The van der Waals surface area contributed by atoms with E-state index in [9.17, 15) is 15.3 Å². The first-order chi connectivity index (χ1) is 12.0. The van der Waals surface area contributed by atoms with E-state index in [1.165, 1.54) is 13.2 Å². The molecule has 25 heavy (non-hydrogen) atoms. The van der Waals surface area contributed by atoms with Crippen molar-refractivity contribution < 1.29 is 14.9 Å². The average molecular weight is 362 g/mol. The third-order valence-electron chi connectivity index (χ3n) is 3.28. The van der Waals surface area contributed by atoms with E-state index in [1.54, 1.807) is 42.5 Å². The fraction of sp³-hybridized carbons (Fsp3) is 0.0667. The van der Waals surface area contributed by atoms with E-state index < -0.39 is 10.7 Å². The van der Waals surface area contributed by atoms with Crippen molar-refractivity contribution in [2.75, 3.05) is 7.11 Å². The van der Waals surface area contributed by atoms with Gasteiger partial charge >= 0.3 is 5.82 Å². The monoisotopic (exact) mass is 361 g/mol. The van der Waals surface area contributed by atoms with Crippen LogP contribution in [0.4, 0.5) is 11.5 Å². The van der Waals surface area contributed by atoms with Gasteiger partial charge in [0, 0.05) is 5.02 Å². The maximum Gasteiger partial charge on any atom is 0.438 e. The Hall–Kier alpha value is -3.33. The molecule has 0 saturated heterocycles. The van der Waals surface area contributed by atoms with Crippen LogP contribution >= 0.6 is 11.6 Å². The molecule has 0 aliphatic heterocycles. The molecule has 0 amide bonds. The van der Waals surface area contributed by atoms with E-state index in [4.69, 9.17) is 16.3 Å². The Morgan fingerprint density at radius 1 is 1.28 bits per heavy atom. The zero-order valence-corrected chi connectivity index (χ0v) is 13.7. The van der Waals surface area contributed by atoms with Gasteiger partial charge in [0.25, 0.3) is 5.49 Å². The minimum atomic E-state index is -0.734. The molecule has 0 fully saturated rings.